The molecule has 2 amide bonds. The van der Waals surface area contributed by atoms with Gasteiger partial charge in [-0.25, -0.2) is 0 Å². The lowest BCUT2D eigenvalue weighted by atomic mass is 9.87. The first-order valence-electron chi connectivity index (χ1n) is 7.66. The molecule has 0 aliphatic carbocycles. The third kappa shape index (κ3) is 5.84. The minimum Gasteiger partial charge on any atom is -0.339 e. The van der Waals surface area contributed by atoms with Gasteiger partial charge in [-0.3, -0.25) is 9.59 Å². The summed E-state index contributed by atoms with van der Waals surface area (Å²) in [6.45, 7) is 10.9. The largest absolute Gasteiger partial charge is 0.339 e. The number of halogens is 1. The Labute approximate surface area is 145 Å². The molecule has 1 rings (SSSR count). The molecule has 0 aromatic heterocycles. The van der Waals surface area contributed by atoms with E-state index in [1.807, 2.05) is 34.6 Å². The average Bonchev–Trinajstić information content (AvgIpc) is 2.46. The number of amides is 2. The second kappa shape index (κ2) is 8.89. The first-order valence-corrected chi connectivity index (χ1v) is 7.66. The second-order valence-electron chi connectivity index (χ2n) is 6.39. The van der Waals surface area contributed by atoms with Gasteiger partial charge in [-0.2, -0.15) is 0 Å². The van der Waals surface area contributed by atoms with Gasteiger partial charge in [0.2, 0.25) is 5.91 Å². The van der Waals surface area contributed by atoms with Crippen molar-refractivity contribution >= 4 is 29.9 Å². The lowest BCUT2D eigenvalue weighted by Crippen LogP contribution is -2.45. The van der Waals surface area contributed by atoms with Crippen molar-refractivity contribution in [2.75, 3.05) is 18.4 Å². The summed E-state index contributed by atoms with van der Waals surface area (Å²) >= 11 is 0. The molecule has 1 atom stereocenters. The van der Waals surface area contributed by atoms with Crippen molar-refractivity contribution in [3.05, 3.63) is 29.8 Å². The molecule has 5 nitrogen and oxygen atoms in total. The van der Waals surface area contributed by atoms with Gasteiger partial charge in [0.05, 0.1) is 6.04 Å². The Kier molecular flexibility index (Phi) is 8.28. The maximum Gasteiger partial charge on any atom is 0.253 e. The fraction of sp³-hybridized carbons (Fsp3) is 0.529. The van der Waals surface area contributed by atoms with Gasteiger partial charge in [-0.15, -0.1) is 12.4 Å². The summed E-state index contributed by atoms with van der Waals surface area (Å²) in [4.78, 5) is 26.2. The molecule has 0 spiro atoms. The maximum atomic E-state index is 12.3. The van der Waals surface area contributed by atoms with E-state index >= 15 is 0 Å². The summed E-state index contributed by atoms with van der Waals surface area (Å²) in [6, 6.07) is 6.34. The van der Waals surface area contributed by atoms with Gasteiger partial charge in [0.25, 0.3) is 5.91 Å². The Morgan fingerprint density at radius 2 is 1.78 bits per heavy atom. The van der Waals surface area contributed by atoms with Crippen LogP contribution < -0.4 is 11.1 Å². The lowest BCUT2D eigenvalue weighted by molar-refractivity contribution is -0.119. The standard InChI is InChI=1S/C17H27N3O2.ClH/c1-6-20(7-2)16(22)12-9-8-10-13(11-12)19-15(21)14(18)17(3,4)5;/h8-11,14H,6-7,18H2,1-5H3,(H,19,21);1H/t14-;/m1./s1. The Bertz CT molecular complexity index is 537. The van der Waals surface area contributed by atoms with Crippen LogP contribution in [0.1, 0.15) is 45.0 Å². The van der Waals surface area contributed by atoms with Crippen LogP contribution in [0.2, 0.25) is 0 Å². The molecule has 0 unspecified atom stereocenters. The monoisotopic (exact) mass is 341 g/mol. The molecule has 0 bridgehead atoms. The molecule has 0 saturated heterocycles. The van der Waals surface area contributed by atoms with Crippen LogP contribution >= 0.6 is 12.4 Å². The lowest BCUT2D eigenvalue weighted by Gasteiger charge is -2.26. The Morgan fingerprint density at radius 3 is 2.26 bits per heavy atom. The molecule has 23 heavy (non-hydrogen) atoms. The topological polar surface area (TPSA) is 75.4 Å². The third-order valence-electron chi connectivity index (χ3n) is 3.64. The SMILES string of the molecule is CCN(CC)C(=O)c1cccc(NC(=O)[C@@H](N)C(C)(C)C)c1.Cl. The summed E-state index contributed by atoms with van der Waals surface area (Å²) in [7, 11) is 0. The summed E-state index contributed by atoms with van der Waals surface area (Å²) in [5.74, 6) is -0.291. The number of carbonyl (C=O) groups is 2. The van der Waals surface area contributed by atoms with Gasteiger partial charge < -0.3 is 16.0 Å². The van der Waals surface area contributed by atoms with Crippen molar-refractivity contribution in [2.45, 2.75) is 40.7 Å². The predicted molar refractivity (Wildman–Crippen MR) is 97.0 cm³/mol. The maximum absolute atomic E-state index is 12.3. The van der Waals surface area contributed by atoms with Crippen LogP contribution in [0.15, 0.2) is 24.3 Å². The minimum absolute atomic E-state index is 0. The number of carbonyl (C=O) groups excluding carboxylic acids is 2. The molecule has 0 aliphatic heterocycles. The highest BCUT2D eigenvalue weighted by Gasteiger charge is 2.27. The number of nitrogens with zero attached hydrogens (tertiary/aromatic N) is 1. The number of hydrogen-bond acceptors (Lipinski definition) is 3. The minimum atomic E-state index is -0.616. The van der Waals surface area contributed by atoms with Crippen molar-refractivity contribution in [3.63, 3.8) is 0 Å². The van der Waals surface area contributed by atoms with Crippen LogP contribution in [0.25, 0.3) is 0 Å². The molecule has 0 heterocycles. The Balaban J connectivity index is 0.00000484. The van der Waals surface area contributed by atoms with E-state index in [4.69, 9.17) is 5.73 Å². The van der Waals surface area contributed by atoms with E-state index in [1.165, 1.54) is 0 Å². The summed E-state index contributed by atoms with van der Waals surface area (Å²) in [5, 5.41) is 2.78. The number of benzene rings is 1. The fourth-order valence-corrected chi connectivity index (χ4v) is 2.04. The van der Waals surface area contributed by atoms with E-state index in [9.17, 15) is 9.59 Å². The van der Waals surface area contributed by atoms with E-state index in [0.29, 0.717) is 24.3 Å². The molecule has 0 saturated carbocycles. The van der Waals surface area contributed by atoms with E-state index in [0.717, 1.165) is 0 Å². The average molecular weight is 342 g/mol. The summed E-state index contributed by atoms with van der Waals surface area (Å²) in [6.07, 6.45) is 0. The van der Waals surface area contributed by atoms with Gasteiger partial charge in [-0.1, -0.05) is 26.8 Å². The zero-order valence-corrected chi connectivity index (χ0v) is 15.4. The highest BCUT2D eigenvalue weighted by Crippen LogP contribution is 2.19. The second-order valence-corrected chi connectivity index (χ2v) is 6.39. The number of nitrogens with two attached hydrogens (primary N) is 1. The molecule has 0 radical (unpaired) electrons. The van der Waals surface area contributed by atoms with Gasteiger partial charge in [0.15, 0.2) is 0 Å². The van der Waals surface area contributed by atoms with Crippen LogP contribution in [0, 0.1) is 5.41 Å². The van der Waals surface area contributed by atoms with Gasteiger partial charge >= 0.3 is 0 Å². The smallest absolute Gasteiger partial charge is 0.253 e. The fourth-order valence-electron chi connectivity index (χ4n) is 2.04. The van der Waals surface area contributed by atoms with Crippen LogP contribution in [0.5, 0.6) is 0 Å². The molecule has 0 aliphatic rings. The number of nitrogens with one attached hydrogen (secondary N) is 1. The Morgan fingerprint density at radius 1 is 1.22 bits per heavy atom. The summed E-state index contributed by atoms with van der Waals surface area (Å²) in [5.41, 5.74) is 6.77. The van der Waals surface area contributed by atoms with Crippen molar-refractivity contribution in [2.24, 2.45) is 11.1 Å². The molecule has 130 valence electrons. The molecular formula is C17H28ClN3O2. The van der Waals surface area contributed by atoms with Gasteiger partial charge in [0.1, 0.15) is 0 Å². The highest BCUT2D eigenvalue weighted by molar-refractivity contribution is 5.98. The van der Waals surface area contributed by atoms with Crippen molar-refractivity contribution < 1.29 is 9.59 Å². The predicted octanol–water partition coefficient (Wildman–Crippen LogP) is 2.90. The number of hydrogen-bond donors (Lipinski definition) is 2. The van der Waals surface area contributed by atoms with Crippen LogP contribution in [-0.2, 0) is 4.79 Å². The van der Waals surface area contributed by atoms with E-state index < -0.39 is 6.04 Å². The van der Waals surface area contributed by atoms with Crippen molar-refractivity contribution in [1.29, 1.82) is 0 Å². The van der Waals surface area contributed by atoms with E-state index in [-0.39, 0.29) is 29.6 Å². The van der Waals surface area contributed by atoms with Crippen LogP contribution in [0.4, 0.5) is 5.69 Å². The van der Waals surface area contributed by atoms with Crippen LogP contribution in [-0.4, -0.2) is 35.8 Å². The molecular weight excluding hydrogens is 314 g/mol. The quantitative estimate of drug-likeness (QED) is 0.864. The van der Waals surface area contributed by atoms with E-state index in [1.54, 1.807) is 29.2 Å². The normalized spacial score (nSPS) is 12.1. The number of rotatable bonds is 5. The zero-order valence-electron chi connectivity index (χ0n) is 14.6. The van der Waals surface area contributed by atoms with Crippen molar-refractivity contribution in [3.8, 4) is 0 Å². The molecule has 6 heteroatoms. The Hall–Kier alpha value is -1.59. The third-order valence-corrected chi connectivity index (χ3v) is 3.64. The molecule has 1 aromatic carbocycles. The van der Waals surface area contributed by atoms with Gasteiger partial charge in [0, 0.05) is 24.3 Å². The van der Waals surface area contributed by atoms with Crippen LogP contribution in [0.3, 0.4) is 0 Å². The first-order chi connectivity index (χ1) is 10.2. The zero-order chi connectivity index (χ0) is 16.9. The number of anilines is 1. The van der Waals surface area contributed by atoms with E-state index in [2.05, 4.69) is 5.32 Å². The highest BCUT2D eigenvalue weighted by atomic mass is 35.5. The molecule has 1 aromatic rings. The summed E-state index contributed by atoms with van der Waals surface area (Å²) < 4.78 is 0. The van der Waals surface area contributed by atoms with Crippen molar-refractivity contribution in [1.82, 2.24) is 4.90 Å². The van der Waals surface area contributed by atoms with Gasteiger partial charge in [-0.05, 0) is 37.5 Å². The first kappa shape index (κ1) is 21.4. The molecule has 0 fully saturated rings. The molecule has 3 N–H and O–H groups in total.